The van der Waals surface area contributed by atoms with E-state index >= 15 is 0 Å². The molecule has 2 rings (SSSR count). The predicted octanol–water partition coefficient (Wildman–Crippen LogP) is -0.188. The zero-order chi connectivity index (χ0) is 14.7. The minimum Gasteiger partial charge on any atom is -0.469 e. The first kappa shape index (κ1) is 14.8. The molecule has 20 heavy (non-hydrogen) atoms. The molecule has 3 amide bonds. The number of rotatable bonds is 3. The summed E-state index contributed by atoms with van der Waals surface area (Å²) in [5.41, 5.74) is 0. The molecule has 2 heterocycles. The molecule has 0 aromatic carbocycles. The highest BCUT2D eigenvalue weighted by molar-refractivity contribution is 5.98. The number of urea groups is 1. The summed E-state index contributed by atoms with van der Waals surface area (Å²) in [6.45, 7) is 4.10. The Hall–Kier alpha value is -1.63. The second kappa shape index (κ2) is 6.21. The third kappa shape index (κ3) is 2.92. The SMILES string of the molecule is COC(=O)C1CCN([C@@H](C)C(=O)N2CCNC2=O)CC1. The summed E-state index contributed by atoms with van der Waals surface area (Å²) in [5, 5.41) is 2.62. The van der Waals surface area contributed by atoms with Crippen LogP contribution in [-0.4, -0.2) is 67.0 Å². The first-order chi connectivity index (χ1) is 9.54. The molecule has 7 heteroatoms. The molecule has 112 valence electrons. The van der Waals surface area contributed by atoms with Gasteiger partial charge in [0.2, 0.25) is 5.91 Å². The van der Waals surface area contributed by atoms with Crippen LogP contribution in [0.25, 0.3) is 0 Å². The third-order valence-corrected chi connectivity index (χ3v) is 4.09. The molecule has 0 aliphatic carbocycles. The van der Waals surface area contributed by atoms with Gasteiger partial charge >= 0.3 is 12.0 Å². The molecule has 1 N–H and O–H groups in total. The number of imide groups is 1. The van der Waals surface area contributed by atoms with E-state index in [2.05, 4.69) is 5.32 Å². The van der Waals surface area contributed by atoms with Gasteiger partial charge in [-0.3, -0.25) is 19.4 Å². The van der Waals surface area contributed by atoms with E-state index in [0.29, 0.717) is 39.0 Å². The molecule has 0 saturated carbocycles. The molecule has 0 aromatic heterocycles. The number of nitrogens with zero attached hydrogens (tertiary/aromatic N) is 2. The van der Waals surface area contributed by atoms with Gasteiger partial charge in [0.15, 0.2) is 0 Å². The van der Waals surface area contributed by atoms with Gasteiger partial charge in [0, 0.05) is 13.1 Å². The summed E-state index contributed by atoms with van der Waals surface area (Å²) in [5.74, 6) is -0.423. The second-order valence-corrected chi connectivity index (χ2v) is 5.23. The number of methoxy groups -OCH3 is 1. The largest absolute Gasteiger partial charge is 0.469 e. The van der Waals surface area contributed by atoms with E-state index in [1.165, 1.54) is 12.0 Å². The Bertz CT molecular complexity index is 404. The molecule has 2 aliphatic heterocycles. The molecule has 2 aliphatic rings. The van der Waals surface area contributed by atoms with Gasteiger partial charge < -0.3 is 10.1 Å². The first-order valence-electron chi connectivity index (χ1n) is 6.95. The monoisotopic (exact) mass is 283 g/mol. The lowest BCUT2D eigenvalue weighted by Crippen LogP contribution is -2.51. The number of carbonyl (C=O) groups is 3. The summed E-state index contributed by atoms with van der Waals surface area (Å²) >= 11 is 0. The number of esters is 1. The minimum atomic E-state index is -0.336. The molecule has 0 unspecified atom stereocenters. The van der Waals surface area contributed by atoms with Crippen LogP contribution in [-0.2, 0) is 14.3 Å². The van der Waals surface area contributed by atoms with Crippen molar-refractivity contribution in [2.24, 2.45) is 5.92 Å². The number of amides is 3. The number of hydrogen-bond donors (Lipinski definition) is 1. The summed E-state index contributed by atoms with van der Waals surface area (Å²) < 4.78 is 4.74. The van der Waals surface area contributed by atoms with Crippen molar-refractivity contribution in [3.05, 3.63) is 0 Å². The maximum atomic E-state index is 12.3. The van der Waals surface area contributed by atoms with Crippen LogP contribution in [0.4, 0.5) is 4.79 Å². The maximum Gasteiger partial charge on any atom is 0.324 e. The van der Waals surface area contributed by atoms with Crippen LogP contribution in [0, 0.1) is 5.92 Å². The standard InChI is InChI=1S/C13H21N3O4/c1-9(11(17)16-8-5-14-13(16)19)15-6-3-10(4-7-15)12(18)20-2/h9-10H,3-8H2,1-2H3,(H,14,19)/t9-/m0/s1. The summed E-state index contributed by atoms with van der Waals surface area (Å²) in [6, 6.07) is -0.649. The van der Waals surface area contributed by atoms with Crippen molar-refractivity contribution in [3.63, 3.8) is 0 Å². The summed E-state index contributed by atoms with van der Waals surface area (Å²) in [4.78, 5) is 38.5. The minimum absolute atomic E-state index is 0.0753. The highest BCUT2D eigenvalue weighted by atomic mass is 16.5. The van der Waals surface area contributed by atoms with Crippen molar-refractivity contribution in [1.29, 1.82) is 0 Å². The maximum absolute atomic E-state index is 12.3. The van der Waals surface area contributed by atoms with Crippen molar-refractivity contribution >= 4 is 17.9 Å². The molecule has 7 nitrogen and oxygen atoms in total. The van der Waals surface area contributed by atoms with E-state index < -0.39 is 0 Å². The van der Waals surface area contributed by atoms with Gasteiger partial charge in [-0.2, -0.15) is 0 Å². The Kier molecular flexibility index (Phi) is 4.59. The molecular formula is C13H21N3O4. The highest BCUT2D eigenvalue weighted by Gasteiger charge is 2.35. The number of nitrogens with one attached hydrogen (secondary N) is 1. The lowest BCUT2D eigenvalue weighted by atomic mass is 9.96. The van der Waals surface area contributed by atoms with Gasteiger partial charge in [0.1, 0.15) is 0 Å². The van der Waals surface area contributed by atoms with Crippen molar-refractivity contribution in [1.82, 2.24) is 15.1 Å². The van der Waals surface area contributed by atoms with E-state index in [-0.39, 0.29) is 29.9 Å². The van der Waals surface area contributed by atoms with Crippen LogP contribution in [0.3, 0.4) is 0 Å². The van der Waals surface area contributed by atoms with Gasteiger partial charge in [-0.25, -0.2) is 4.79 Å². The van der Waals surface area contributed by atoms with Crippen LogP contribution < -0.4 is 5.32 Å². The molecule has 1 atom stereocenters. The Morgan fingerprint density at radius 2 is 1.95 bits per heavy atom. The van der Waals surface area contributed by atoms with Crippen LogP contribution in [0.5, 0.6) is 0 Å². The molecule has 0 radical (unpaired) electrons. The number of carbonyl (C=O) groups excluding carboxylic acids is 3. The lowest BCUT2D eigenvalue weighted by molar-refractivity contribution is -0.147. The Morgan fingerprint density at radius 1 is 1.30 bits per heavy atom. The van der Waals surface area contributed by atoms with Crippen LogP contribution >= 0.6 is 0 Å². The molecule has 0 aromatic rings. The Balaban J connectivity index is 1.88. The fourth-order valence-corrected chi connectivity index (χ4v) is 2.75. The van der Waals surface area contributed by atoms with E-state index in [1.807, 2.05) is 11.8 Å². The molecule has 2 fully saturated rings. The third-order valence-electron chi connectivity index (χ3n) is 4.09. The zero-order valence-electron chi connectivity index (χ0n) is 11.9. The van der Waals surface area contributed by atoms with Crippen molar-refractivity contribution in [2.45, 2.75) is 25.8 Å². The number of hydrogen-bond acceptors (Lipinski definition) is 5. The number of piperidine rings is 1. The van der Waals surface area contributed by atoms with E-state index in [0.717, 1.165) is 0 Å². The summed E-state index contributed by atoms with van der Waals surface area (Å²) in [7, 11) is 1.40. The highest BCUT2D eigenvalue weighted by Crippen LogP contribution is 2.21. The van der Waals surface area contributed by atoms with Gasteiger partial charge in [-0.15, -0.1) is 0 Å². The fourth-order valence-electron chi connectivity index (χ4n) is 2.75. The second-order valence-electron chi connectivity index (χ2n) is 5.23. The average Bonchev–Trinajstić information content (AvgIpc) is 2.91. The zero-order valence-corrected chi connectivity index (χ0v) is 11.9. The van der Waals surface area contributed by atoms with Crippen LogP contribution in [0.1, 0.15) is 19.8 Å². The quantitative estimate of drug-likeness (QED) is 0.726. The lowest BCUT2D eigenvalue weighted by Gasteiger charge is -2.35. The van der Waals surface area contributed by atoms with Gasteiger partial charge in [0.05, 0.1) is 19.1 Å². The number of ether oxygens (including phenoxy) is 1. The normalized spacial score (nSPS) is 22.5. The topological polar surface area (TPSA) is 79.0 Å². The molecular weight excluding hydrogens is 262 g/mol. The summed E-state index contributed by atoms with van der Waals surface area (Å²) in [6.07, 6.45) is 1.38. The van der Waals surface area contributed by atoms with Gasteiger partial charge in [-0.1, -0.05) is 0 Å². The van der Waals surface area contributed by atoms with E-state index in [4.69, 9.17) is 4.74 Å². The Labute approximate surface area is 118 Å². The predicted molar refractivity (Wildman–Crippen MR) is 70.9 cm³/mol. The molecule has 0 spiro atoms. The Morgan fingerprint density at radius 3 is 2.45 bits per heavy atom. The average molecular weight is 283 g/mol. The van der Waals surface area contributed by atoms with Crippen LogP contribution in [0.2, 0.25) is 0 Å². The van der Waals surface area contributed by atoms with Gasteiger partial charge in [0.25, 0.3) is 0 Å². The fraction of sp³-hybridized carbons (Fsp3) is 0.769. The smallest absolute Gasteiger partial charge is 0.324 e. The first-order valence-corrected chi connectivity index (χ1v) is 6.95. The van der Waals surface area contributed by atoms with Crippen LogP contribution in [0.15, 0.2) is 0 Å². The molecule has 0 bridgehead atoms. The van der Waals surface area contributed by atoms with E-state index in [9.17, 15) is 14.4 Å². The van der Waals surface area contributed by atoms with E-state index in [1.54, 1.807) is 0 Å². The van der Waals surface area contributed by atoms with Crippen molar-refractivity contribution in [3.8, 4) is 0 Å². The number of likely N-dealkylation sites (tertiary alicyclic amines) is 1. The van der Waals surface area contributed by atoms with Gasteiger partial charge in [-0.05, 0) is 32.9 Å². The van der Waals surface area contributed by atoms with Crippen molar-refractivity contribution < 1.29 is 19.1 Å². The van der Waals surface area contributed by atoms with Crippen molar-refractivity contribution in [2.75, 3.05) is 33.3 Å². The molecule has 2 saturated heterocycles.